The van der Waals surface area contributed by atoms with Crippen LogP contribution in [-0.4, -0.2) is 63.0 Å². The first kappa shape index (κ1) is 33.8. The molecule has 0 heterocycles. The maximum absolute atomic E-state index is 12.7. The van der Waals surface area contributed by atoms with Gasteiger partial charge in [-0.1, -0.05) is 43.7 Å². The molecule has 0 atom stereocenters. The van der Waals surface area contributed by atoms with Crippen molar-refractivity contribution in [3.63, 3.8) is 0 Å². The predicted octanol–water partition coefficient (Wildman–Crippen LogP) is 4.57. The topological polar surface area (TPSA) is 249 Å². The number of aromatic hydroxyl groups is 1. The Morgan fingerprint density at radius 1 is 0.822 bits per heavy atom. The molecule has 0 radical (unpaired) electrons. The Morgan fingerprint density at radius 2 is 1.53 bits per heavy atom. The van der Waals surface area contributed by atoms with E-state index in [-0.39, 0.29) is 34.8 Å². The summed E-state index contributed by atoms with van der Waals surface area (Å²) in [7, 11) is -15.0. The van der Waals surface area contributed by atoms with Crippen LogP contribution < -0.4 is 10.6 Å². The molecular weight excluding hydrogens is 653 g/mol. The summed E-state index contributed by atoms with van der Waals surface area (Å²) in [5.74, 6) is -1.64. The average molecular weight is 681 g/mol. The van der Waals surface area contributed by atoms with E-state index in [0.29, 0.717) is 11.9 Å². The van der Waals surface area contributed by atoms with Gasteiger partial charge in [-0.2, -0.15) is 25.3 Å². The summed E-state index contributed by atoms with van der Waals surface area (Å²) < 4.78 is 103. The van der Waals surface area contributed by atoms with Crippen molar-refractivity contribution in [2.45, 2.75) is 40.9 Å². The van der Waals surface area contributed by atoms with Crippen molar-refractivity contribution >= 4 is 74.9 Å². The van der Waals surface area contributed by atoms with E-state index in [0.717, 1.165) is 31.0 Å². The molecule has 0 aliphatic heterocycles. The number of anilines is 1. The molecule has 0 aliphatic rings. The number of fused-ring (bicyclic) bond motifs is 2. The number of nitrogens with zero attached hydrogens (tertiary/aromatic N) is 2. The second kappa shape index (κ2) is 13.1. The Labute approximate surface area is 258 Å². The Hall–Kier alpha value is -4.04. The van der Waals surface area contributed by atoms with E-state index in [1.807, 2.05) is 6.92 Å². The molecule has 0 saturated heterocycles. The zero-order chi connectivity index (χ0) is 33.2. The van der Waals surface area contributed by atoms with Gasteiger partial charge in [-0.25, -0.2) is 0 Å². The highest BCUT2D eigenvalue weighted by atomic mass is 32.2. The van der Waals surface area contributed by atoms with Crippen LogP contribution in [0, 0.1) is 0 Å². The zero-order valence-electron chi connectivity index (χ0n) is 23.5. The van der Waals surface area contributed by atoms with Crippen LogP contribution in [0.15, 0.2) is 79.5 Å². The van der Waals surface area contributed by atoms with E-state index in [9.17, 15) is 48.8 Å². The van der Waals surface area contributed by atoms with Gasteiger partial charge < -0.3 is 15.7 Å². The number of unbranched alkanes of at least 4 members (excludes halogenated alkanes) is 1. The van der Waals surface area contributed by atoms with E-state index in [2.05, 4.69) is 20.9 Å². The summed E-state index contributed by atoms with van der Waals surface area (Å²) in [6, 6.07) is 11.0. The number of azo groups is 1. The van der Waals surface area contributed by atoms with Crippen LogP contribution in [0.4, 0.5) is 17.1 Å². The first-order valence-corrected chi connectivity index (χ1v) is 17.5. The van der Waals surface area contributed by atoms with Gasteiger partial charge in [-0.05, 0) is 48.0 Å². The molecule has 0 saturated carbocycles. The summed E-state index contributed by atoms with van der Waals surface area (Å²) in [6.07, 6.45) is 1.71. The lowest BCUT2D eigenvalue weighted by Crippen LogP contribution is -2.22. The van der Waals surface area contributed by atoms with Gasteiger partial charge in [0.25, 0.3) is 30.4 Å². The van der Waals surface area contributed by atoms with Gasteiger partial charge in [0, 0.05) is 23.7 Å². The number of hydrogen-bond acceptors (Lipinski definition) is 11. The molecule has 4 rings (SSSR count). The standard InChI is InChI=1S/C27H28N4O11S3/c1-2-3-11-28-12-10-23(32)29-21-15-18(43(34,35)36)13-17-14-22(44(37,38)39)25(26(33)24(17)21)31-30-20-9-8-16-6-4-5-7-19(16)27(20)45(40,41)42/h4-9,13-15,28,33H,2-3,10-12H2,1H3,(H,29,32)(H,34,35,36)(H,37,38,39)(H,40,41,42). The Bertz CT molecular complexity index is 2170. The number of rotatable bonds is 12. The maximum Gasteiger partial charge on any atom is 0.297 e. The molecule has 4 aromatic carbocycles. The fraction of sp³-hybridized carbons (Fsp3) is 0.222. The SMILES string of the molecule is CCCCNCCC(=O)Nc1cc(S(=O)(=O)O)cc2cc(S(=O)(=O)O)c(N=Nc3ccc4ccccc4c3S(=O)(=O)O)c(O)c12. The Kier molecular flexibility index (Phi) is 9.88. The van der Waals surface area contributed by atoms with Crippen LogP contribution in [0.2, 0.25) is 0 Å². The zero-order valence-corrected chi connectivity index (χ0v) is 25.9. The predicted molar refractivity (Wildman–Crippen MR) is 164 cm³/mol. The minimum atomic E-state index is -5.22. The number of hydrogen-bond donors (Lipinski definition) is 6. The first-order chi connectivity index (χ1) is 21.0. The second-order valence-electron chi connectivity index (χ2n) is 9.80. The molecule has 0 fully saturated rings. The molecule has 18 heteroatoms. The number of amides is 1. The third-order valence-electron chi connectivity index (χ3n) is 6.58. The summed E-state index contributed by atoms with van der Waals surface area (Å²) in [4.78, 5) is 10.2. The van der Waals surface area contributed by atoms with Gasteiger partial charge in [0.2, 0.25) is 5.91 Å². The molecule has 0 aromatic heterocycles. The van der Waals surface area contributed by atoms with Crippen LogP contribution in [0.25, 0.3) is 21.5 Å². The van der Waals surface area contributed by atoms with Crippen LogP contribution in [0.1, 0.15) is 26.2 Å². The van der Waals surface area contributed by atoms with E-state index in [1.54, 1.807) is 12.1 Å². The largest absolute Gasteiger partial charge is 0.505 e. The van der Waals surface area contributed by atoms with Crippen LogP contribution >= 0.6 is 0 Å². The molecule has 15 nitrogen and oxygen atoms in total. The van der Waals surface area contributed by atoms with E-state index in [4.69, 9.17) is 0 Å². The quantitative estimate of drug-likeness (QED) is 0.0684. The number of nitrogens with one attached hydrogen (secondary N) is 2. The minimum Gasteiger partial charge on any atom is -0.505 e. The highest BCUT2D eigenvalue weighted by molar-refractivity contribution is 7.86. The fourth-order valence-electron chi connectivity index (χ4n) is 4.53. The highest BCUT2D eigenvalue weighted by Crippen LogP contribution is 2.45. The van der Waals surface area contributed by atoms with Crippen LogP contribution in [-0.2, 0) is 35.1 Å². The molecule has 0 bridgehead atoms. The monoisotopic (exact) mass is 680 g/mol. The summed E-state index contributed by atoms with van der Waals surface area (Å²) >= 11 is 0. The van der Waals surface area contributed by atoms with Gasteiger partial charge in [0.1, 0.15) is 21.2 Å². The normalized spacial score (nSPS) is 12.7. The molecule has 6 N–H and O–H groups in total. The third kappa shape index (κ3) is 7.79. The number of carbonyl (C=O) groups excluding carboxylic acids is 1. The molecular formula is C27H28N4O11S3. The number of phenolic OH excluding ortho intramolecular Hbond substituents is 1. The molecule has 240 valence electrons. The number of benzene rings is 4. The van der Waals surface area contributed by atoms with Crippen molar-refractivity contribution in [2.75, 3.05) is 18.4 Å². The first-order valence-electron chi connectivity index (χ1n) is 13.2. The second-order valence-corrected chi connectivity index (χ2v) is 14.0. The lowest BCUT2D eigenvalue weighted by atomic mass is 10.1. The fourth-order valence-corrected chi connectivity index (χ4v) is 6.56. The van der Waals surface area contributed by atoms with Crippen LogP contribution in [0.5, 0.6) is 5.75 Å². The van der Waals surface area contributed by atoms with Crippen molar-refractivity contribution in [1.82, 2.24) is 5.32 Å². The van der Waals surface area contributed by atoms with Gasteiger partial charge >= 0.3 is 0 Å². The van der Waals surface area contributed by atoms with Gasteiger partial charge in [0.15, 0.2) is 5.75 Å². The Morgan fingerprint density at radius 3 is 2.18 bits per heavy atom. The number of carbonyl (C=O) groups is 1. The van der Waals surface area contributed by atoms with Gasteiger partial charge in [-0.3, -0.25) is 18.5 Å². The molecule has 4 aromatic rings. The van der Waals surface area contributed by atoms with Gasteiger partial charge in [-0.15, -0.1) is 10.2 Å². The lowest BCUT2D eigenvalue weighted by molar-refractivity contribution is -0.116. The summed E-state index contributed by atoms with van der Waals surface area (Å²) in [5, 5.41) is 24.0. The molecule has 0 aliphatic carbocycles. The smallest absolute Gasteiger partial charge is 0.297 e. The van der Waals surface area contributed by atoms with E-state index < -0.39 is 68.1 Å². The van der Waals surface area contributed by atoms with E-state index >= 15 is 0 Å². The number of phenols is 1. The van der Waals surface area contributed by atoms with Crippen molar-refractivity contribution in [2.24, 2.45) is 10.2 Å². The maximum atomic E-state index is 12.7. The lowest BCUT2D eigenvalue weighted by Gasteiger charge is -2.15. The Balaban J connectivity index is 1.93. The van der Waals surface area contributed by atoms with Crippen molar-refractivity contribution in [3.8, 4) is 5.75 Å². The van der Waals surface area contributed by atoms with Gasteiger partial charge in [0.05, 0.1) is 10.6 Å². The summed E-state index contributed by atoms with van der Waals surface area (Å²) in [6.45, 7) is 2.89. The third-order valence-corrected chi connectivity index (χ3v) is 9.23. The van der Waals surface area contributed by atoms with Crippen molar-refractivity contribution in [3.05, 3.63) is 54.6 Å². The minimum absolute atomic E-state index is 0.0566. The molecule has 45 heavy (non-hydrogen) atoms. The van der Waals surface area contributed by atoms with Crippen molar-refractivity contribution in [1.29, 1.82) is 0 Å². The van der Waals surface area contributed by atoms with E-state index in [1.165, 1.54) is 24.3 Å². The van der Waals surface area contributed by atoms with Crippen LogP contribution in [0.3, 0.4) is 0 Å². The summed E-state index contributed by atoms with van der Waals surface area (Å²) in [5.41, 5.74) is -1.72. The average Bonchev–Trinajstić information content (AvgIpc) is 2.94. The van der Waals surface area contributed by atoms with Crippen molar-refractivity contribution < 1.29 is 48.8 Å². The molecule has 1 amide bonds. The highest BCUT2D eigenvalue weighted by Gasteiger charge is 2.27. The molecule has 0 spiro atoms. The molecule has 0 unspecified atom stereocenters.